The molecule has 0 aliphatic carbocycles. The van der Waals surface area contributed by atoms with Crippen LogP contribution in [0.2, 0.25) is 0 Å². The van der Waals surface area contributed by atoms with Crippen molar-refractivity contribution < 1.29 is 9.21 Å². The van der Waals surface area contributed by atoms with Gasteiger partial charge in [0.2, 0.25) is 0 Å². The Bertz CT molecular complexity index is 556. The van der Waals surface area contributed by atoms with E-state index >= 15 is 0 Å². The number of nitrogens with one attached hydrogen (secondary N) is 1. The van der Waals surface area contributed by atoms with Crippen molar-refractivity contribution in [2.24, 2.45) is 7.05 Å². The highest BCUT2D eigenvalue weighted by Gasteiger charge is 2.13. The van der Waals surface area contributed by atoms with E-state index in [0.29, 0.717) is 24.3 Å². The molecule has 6 heteroatoms. The molecule has 0 radical (unpaired) electrons. The van der Waals surface area contributed by atoms with Crippen molar-refractivity contribution in [2.75, 3.05) is 6.54 Å². The number of amides is 1. The van der Waals surface area contributed by atoms with Crippen LogP contribution in [0.4, 0.5) is 0 Å². The molecule has 96 valence electrons. The molecule has 0 aromatic carbocycles. The molecule has 1 amide bonds. The van der Waals surface area contributed by atoms with E-state index in [1.54, 1.807) is 17.7 Å². The summed E-state index contributed by atoms with van der Waals surface area (Å²) in [4.78, 5) is 16.0. The lowest BCUT2D eigenvalue weighted by Gasteiger charge is -2.03. The maximum Gasteiger partial charge on any atom is 0.254 e. The third-order valence-electron chi connectivity index (χ3n) is 2.72. The van der Waals surface area contributed by atoms with Crippen molar-refractivity contribution in [1.29, 1.82) is 0 Å². The van der Waals surface area contributed by atoms with Gasteiger partial charge in [-0.15, -0.1) is 0 Å². The maximum atomic E-state index is 11.9. The quantitative estimate of drug-likeness (QED) is 0.876. The maximum absolute atomic E-state index is 11.9. The number of nitrogens with zero attached hydrogens (tertiary/aromatic N) is 3. The summed E-state index contributed by atoms with van der Waals surface area (Å²) in [5.74, 6) is 2.11. The minimum absolute atomic E-state index is 0.119. The molecular formula is C12H16N4O2. The van der Waals surface area contributed by atoms with Gasteiger partial charge in [0.25, 0.3) is 5.91 Å². The van der Waals surface area contributed by atoms with Gasteiger partial charge in [0.1, 0.15) is 23.7 Å². The molecule has 1 N–H and O–H groups in total. The first-order valence-corrected chi connectivity index (χ1v) is 5.76. The molecule has 0 bridgehead atoms. The van der Waals surface area contributed by atoms with E-state index in [-0.39, 0.29) is 5.91 Å². The van der Waals surface area contributed by atoms with Crippen molar-refractivity contribution in [3.63, 3.8) is 0 Å². The number of hydrogen-bond acceptors (Lipinski definition) is 4. The van der Waals surface area contributed by atoms with Crippen molar-refractivity contribution in [3.8, 4) is 0 Å². The number of carbonyl (C=O) groups is 1. The third kappa shape index (κ3) is 2.58. The predicted octanol–water partition coefficient (Wildman–Crippen LogP) is 0.997. The van der Waals surface area contributed by atoms with E-state index in [2.05, 4.69) is 15.4 Å². The lowest BCUT2D eigenvalue weighted by molar-refractivity contribution is 0.0952. The van der Waals surface area contributed by atoms with Gasteiger partial charge in [-0.3, -0.25) is 9.48 Å². The number of carbonyl (C=O) groups excluding carboxylic acids is 1. The van der Waals surface area contributed by atoms with E-state index in [0.717, 1.165) is 11.6 Å². The molecule has 18 heavy (non-hydrogen) atoms. The van der Waals surface area contributed by atoms with Gasteiger partial charge in [-0.2, -0.15) is 5.10 Å². The fourth-order valence-corrected chi connectivity index (χ4v) is 1.79. The molecule has 0 saturated carbocycles. The summed E-state index contributed by atoms with van der Waals surface area (Å²) in [6, 6.07) is 1.74. The summed E-state index contributed by atoms with van der Waals surface area (Å²) in [6.07, 6.45) is 2.15. The van der Waals surface area contributed by atoms with Gasteiger partial charge in [0.15, 0.2) is 0 Å². The zero-order chi connectivity index (χ0) is 13.1. The second-order valence-electron chi connectivity index (χ2n) is 4.13. The van der Waals surface area contributed by atoms with Gasteiger partial charge in [-0.1, -0.05) is 0 Å². The van der Waals surface area contributed by atoms with E-state index in [1.807, 2.05) is 14.0 Å². The first-order valence-electron chi connectivity index (χ1n) is 5.76. The minimum atomic E-state index is -0.119. The van der Waals surface area contributed by atoms with Crippen LogP contribution in [0.25, 0.3) is 0 Å². The van der Waals surface area contributed by atoms with Crippen LogP contribution < -0.4 is 5.32 Å². The average Bonchev–Trinajstić information content (AvgIpc) is 2.85. The topological polar surface area (TPSA) is 73.0 Å². The molecule has 0 aliphatic heterocycles. The zero-order valence-corrected chi connectivity index (χ0v) is 10.7. The van der Waals surface area contributed by atoms with E-state index in [1.165, 1.54) is 6.33 Å². The van der Waals surface area contributed by atoms with E-state index in [4.69, 9.17) is 4.42 Å². The van der Waals surface area contributed by atoms with Gasteiger partial charge in [0.05, 0.1) is 5.56 Å². The number of furan rings is 1. The SMILES string of the molecule is Cc1cc(C(=O)NCCc2ncnn2C)c(C)o1. The Balaban J connectivity index is 1.89. The Morgan fingerprint density at radius 2 is 2.28 bits per heavy atom. The zero-order valence-electron chi connectivity index (χ0n) is 10.7. The summed E-state index contributed by atoms with van der Waals surface area (Å²) >= 11 is 0. The van der Waals surface area contributed by atoms with Gasteiger partial charge in [-0.05, 0) is 19.9 Å². The number of hydrogen-bond donors (Lipinski definition) is 1. The molecule has 2 heterocycles. The third-order valence-corrected chi connectivity index (χ3v) is 2.72. The normalized spacial score (nSPS) is 10.6. The van der Waals surface area contributed by atoms with Gasteiger partial charge in [-0.25, -0.2) is 4.98 Å². The molecule has 0 unspecified atom stereocenters. The average molecular weight is 248 g/mol. The van der Waals surface area contributed by atoms with Crippen LogP contribution in [0.5, 0.6) is 0 Å². The van der Waals surface area contributed by atoms with E-state index in [9.17, 15) is 4.79 Å². The Morgan fingerprint density at radius 1 is 1.50 bits per heavy atom. The molecule has 0 spiro atoms. The predicted molar refractivity (Wildman–Crippen MR) is 65.2 cm³/mol. The second-order valence-corrected chi connectivity index (χ2v) is 4.13. The highest BCUT2D eigenvalue weighted by atomic mass is 16.3. The summed E-state index contributed by atoms with van der Waals surface area (Å²) in [5, 5.41) is 6.81. The van der Waals surface area contributed by atoms with Gasteiger partial charge < -0.3 is 9.73 Å². The van der Waals surface area contributed by atoms with Crippen molar-refractivity contribution in [3.05, 3.63) is 35.3 Å². The Morgan fingerprint density at radius 3 is 2.83 bits per heavy atom. The Kier molecular flexibility index (Phi) is 3.45. The van der Waals surface area contributed by atoms with Crippen LogP contribution in [0.3, 0.4) is 0 Å². The number of aryl methyl sites for hydroxylation is 3. The Labute approximate surface area is 105 Å². The van der Waals surface area contributed by atoms with Crippen LogP contribution in [0, 0.1) is 13.8 Å². The lowest BCUT2D eigenvalue weighted by atomic mass is 10.2. The summed E-state index contributed by atoms with van der Waals surface area (Å²) in [6.45, 7) is 4.13. The molecule has 0 fully saturated rings. The van der Waals surface area contributed by atoms with Crippen molar-refractivity contribution >= 4 is 5.91 Å². The lowest BCUT2D eigenvalue weighted by Crippen LogP contribution is -2.26. The van der Waals surface area contributed by atoms with Crippen LogP contribution in [-0.2, 0) is 13.5 Å². The highest BCUT2D eigenvalue weighted by Crippen LogP contribution is 2.13. The first-order chi connectivity index (χ1) is 8.58. The molecule has 2 aromatic heterocycles. The highest BCUT2D eigenvalue weighted by molar-refractivity contribution is 5.95. The van der Waals surface area contributed by atoms with Crippen molar-refractivity contribution in [2.45, 2.75) is 20.3 Å². The summed E-state index contributed by atoms with van der Waals surface area (Å²) in [7, 11) is 1.83. The minimum Gasteiger partial charge on any atom is -0.466 e. The molecule has 0 atom stereocenters. The smallest absolute Gasteiger partial charge is 0.254 e. The summed E-state index contributed by atoms with van der Waals surface area (Å²) < 4.78 is 7.01. The van der Waals surface area contributed by atoms with Gasteiger partial charge >= 0.3 is 0 Å². The molecule has 6 nitrogen and oxygen atoms in total. The fourth-order valence-electron chi connectivity index (χ4n) is 1.79. The van der Waals surface area contributed by atoms with Gasteiger partial charge in [0, 0.05) is 20.0 Å². The monoisotopic (exact) mass is 248 g/mol. The van der Waals surface area contributed by atoms with Crippen LogP contribution >= 0.6 is 0 Å². The van der Waals surface area contributed by atoms with Crippen LogP contribution in [0.1, 0.15) is 27.7 Å². The second kappa shape index (κ2) is 5.03. The van der Waals surface area contributed by atoms with Crippen molar-refractivity contribution in [1.82, 2.24) is 20.1 Å². The molecule has 0 aliphatic rings. The van der Waals surface area contributed by atoms with Crippen LogP contribution in [-0.4, -0.2) is 27.2 Å². The first kappa shape index (κ1) is 12.3. The number of aromatic nitrogens is 3. The summed E-state index contributed by atoms with van der Waals surface area (Å²) in [5.41, 5.74) is 0.588. The standard InChI is InChI=1S/C12H16N4O2/c1-8-6-10(9(2)18-8)12(17)13-5-4-11-14-7-15-16(11)3/h6-7H,4-5H2,1-3H3,(H,13,17). The van der Waals surface area contributed by atoms with E-state index < -0.39 is 0 Å². The number of rotatable bonds is 4. The molecular weight excluding hydrogens is 232 g/mol. The largest absolute Gasteiger partial charge is 0.466 e. The molecule has 2 rings (SSSR count). The van der Waals surface area contributed by atoms with Crippen LogP contribution in [0.15, 0.2) is 16.8 Å². The Hall–Kier alpha value is -2.11. The fraction of sp³-hybridized carbons (Fsp3) is 0.417. The molecule has 2 aromatic rings. The molecule has 0 saturated heterocycles.